The Morgan fingerprint density at radius 3 is 2.50 bits per heavy atom. The van der Waals surface area contributed by atoms with E-state index in [0.29, 0.717) is 24.0 Å². The normalized spacial score (nSPS) is 11.0. The van der Waals surface area contributed by atoms with Crippen molar-refractivity contribution in [3.05, 3.63) is 42.2 Å². The van der Waals surface area contributed by atoms with Gasteiger partial charge in [-0.1, -0.05) is 11.3 Å². The van der Waals surface area contributed by atoms with Gasteiger partial charge in [0, 0.05) is 36.6 Å². The van der Waals surface area contributed by atoms with E-state index in [1.54, 1.807) is 24.3 Å². The third-order valence-corrected chi connectivity index (χ3v) is 6.39. The molecular formula is C18H21N7O3S2. The summed E-state index contributed by atoms with van der Waals surface area (Å²) in [6.45, 7) is 5.88. The van der Waals surface area contributed by atoms with E-state index >= 15 is 0 Å². The van der Waals surface area contributed by atoms with Gasteiger partial charge >= 0.3 is 0 Å². The Morgan fingerprint density at radius 2 is 1.83 bits per heavy atom. The lowest BCUT2D eigenvalue weighted by Gasteiger charge is -2.10. The van der Waals surface area contributed by atoms with Crippen molar-refractivity contribution in [2.75, 3.05) is 27.2 Å². The second-order valence-electron chi connectivity index (χ2n) is 6.22. The Hall–Kier alpha value is -3.25. The number of aromatic nitrogens is 3. The lowest BCUT2D eigenvalue weighted by atomic mass is 10.3. The number of sulfonamides is 1. The van der Waals surface area contributed by atoms with Crippen LogP contribution in [0.5, 0.6) is 0 Å². The molecule has 0 aliphatic carbocycles. The highest BCUT2D eigenvalue weighted by Crippen LogP contribution is 2.26. The van der Waals surface area contributed by atoms with Crippen LogP contribution in [-0.4, -0.2) is 35.8 Å². The van der Waals surface area contributed by atoms with Gasteiger partial charge in [-0.05, 0) is 38.1 Å². The van der Waals surface area contributed by atoms with Crippen LogP contribution in [0.1, 0.15) is 19.5 Å². The van der Waals surface area contributed by atoms with Gasteiger partial charge < -0.3 is 16.0 Å². The van der Waals surface area contributed by atoms with E-state index in [9.17, 15) is 13.2 Å². The molecule has 4 N–H and O–H groups in total. The molecule has 2 aromatic heterocycles. The first-order chi connectivity index (χ1) is 14.2. The van der Waals surface area contributed by atoms with E-state index in [-0.39, 0.29) is 15.2 Å². The van der Waals surface area contributed by atoms with Crippen LogP contribution in [-0.2, 0) is 14.8 Å². The van der Waals surface area contributed by atoms with Gasteiger partial charge in [0.15, 0.2) is 9.34 Å². The van der Waals surface area contributed by atoms with E-state index in [4.69, 9.17) is 0 Å². The number of thiazole rings is 1. The van der Waals surface area contributed by atoms with Gasteiger partial charge in [0.1, 0.15) is 5.82 Å². The molecule has 0 saturated carbocycles. The minimum absolute atomic E-state index is 0.000802. The fraction of sp³-hybridized carbons (Fsp3) is 0.222. The van der Waals surface area contributed by atoms with Crippen LogP contribution < -0.4 is 20.7 Å². The van der Waals surface area contributed by atoms with Crippen LogP contribution in [0.3, 0.4) is 0 Å². The smallest absolute Gasteiger partial charge is 0.273 e. The maximum atomic E-state index is 12.5. The number of aryl methyl sites for hydroxylation is 1. The number of benzene rings is 1. The van der Waals surface area contributed by atoms with Gasteiger partial charge in [-0.2, -0.15) is 4.98 Å². The highest BCUT2D eigenvalue weighted by molar-refractivity contribution is 7.94. The van der Waals surface area contributed by atoms with Crippen LogP contribution in [0.15, 0.2) is 40.7 Å². The minimum atomic E-state index is -3.81. The summed E-state index contributed by atoms with van der Waals surface area (Å²) >= 11 is 0.873. The average molecular weight is 448 g/mol. The zero-order valence-corrected chi connectivity index (χ0v) is 18.2. The number of nitrogens with one attached hydrogen (secondary N) is 4. The molecule has 0 atom stereocenters. The number of anilines is 5. The summed E-state index contributed by atoms with van der Waals surface area (Å²) < 4.78 is 27.5. The summed E-state index contributed by atoms with van der Waals surface area (Å²) in [7, 11) is -3.81. The zero-order chi connectivity index (χ0) is 21.7. The first kappa shape index (κ1) is 21.5. The van der Waals surface area contributed by atoms with Gasteiger partial charge in [-0.25, -0.2) is 18.4 Å². The standard InChI is InChI=1S/C18H21N7O3S2/c1-4-19-17-21-11(2)9-15(24-17)23-13-5-7-14(8-6-13)25-30(27,28)16-10-20-18(29-16)22-12(3)26/h5-10,25H,4H2,1-3H3,(H,20,22,26)(H2,19,21,23,24). The third kappa shape index (κ3) is 5.64. The van der Waals surface area contributed by atoms with Crippen LogP contribution in [0.2, 0.25) is 0 Å². The van der Waals surface area contributed by atoms with Crippen molar-refractivity contribution in [2.45, 2.75) is 25.0 Å². The SMILES string of the molecule is CCNc1nc(C)cc(Nc2ccc(NS(=O)(=O)c3cnc(NC(C)=O)s3)cc2)n1. The van der Waals surface area contributed by atoms with Crippen molar-refractivity contribution in [1.29, 1.82) is 0 Å². The molecule has 3 aromatic rings. The number of nitrogens with zero attached hydrogens (tertiary/aromatic N) is 3. The van der Waals surface area contributed by atoms with Gasteiger partial charge in [0.25, 0.3) is 10.0 Å². The van der Waals surface area contributed by atoms with Crippen molar-refractivity contribution in [3.8, 4) is 0 Å². The lowest BCUT2D eigenvalue weighted by Crippen LogP contribution is -2.11. The Bertz CT molecular complexity index is 1140. The molecule has 0 saturated heterocycles. The summed E-state index contributed by atoms with van der Waals surface area (Å²) in [5, 5.41) is 8.92. The molecule has 0 radical (unpaired) electrons. The topological polar surface area (TPSA) is 138 Å². The van der Waals surface area contributed by atoms with Gasteiger partial charge in [0.05, 0.1) is 6.20 Å². The first-order valence-electron chi connectivity index (χ1n) is 8.98. The molecule has 12 heteroatoms. The largest absolute Gasteiger partial charge is 0.354 e. The molecule has 0 spiro atoms. The van der Waals surface area contributed by atoms with Gasteiger partial charge in [0.2, 0.25) is 11.9 Å². The van der Waals surface area contributed by atoms with Crippen molar-refractivity contribution < 1.29 is 13.2 Å². The number of amides is 1. The van der Waals surface area contributed by atoms with Crippen LogP contribution >= 0.6 is 11.3 Å². The molecular weight excluding hydrogens is 426 g/mol. The molecule has 1 aromatic carbocycles. The molecule has 2 heterocycles. The molecule has 0 bridgehead atoms. The van der Waals surface area contributed by atoms with Crippen LogP contribution in [0.25, 0.3) is 0 Å². The predicted molar refractivity (Wildman–Crippen MR) is 118 cm³/mol. The number of hydrogen-bond acceptors (Lipinski definition) is 9. The second-order valence-corrected chi connectivity index (χ2v) is 9.16. The number of carbonyl (C=O) groups is 1. The highest BCUT2D eigenvalue weighted by atomic mass is 32.2. The average Bonchev–Trinajstić information content (AvgIpc) is 3.12. The molecule has 158 valence electrons. The molecule has 0 aliphatic heterocycles. The summed E-state index contributed by atoms with van der Waals surface area (Å²) in [5.41, 5.74) is 1.95. The summed E-state index contributed by atoms with van der Waals surface area (Å²) in [6.07, 6.45) is 1.20. The summed E-state index contributed by atoms with van der Waals surface area (Å²) in [5.74, 6) is 0.843. The van der Waals surface area contributed by atoms with Gasteiger partial charge in [-0.15, -0.1) is 0 Å². The van der Waals surface area contributed by atoms with Crippen molar-refractivity contribution >= 4 is 55.5 Å². The molecule has 30 heavy (non-hydrogen) atoms. The summed E-state index contributed by atoms with van der Waals surface area (Å²) in [4.78, 5) is 23.6. The zero-order valence-electron chi connectivity index (χ0n) is 16.6. The quantitative estimate of drug-likeness (QED) is 0.413. The monoisotopic (exact) mass is 447 g/mol. The Balaban J connectivity index is 1.70. The van der Waals surface area contributed by atoms with E-state index in [1.165, 1.54) is 13.1 Å². The molecule has 0 fully saturated rings. The predicted octanol–water partition coefficient (Wildman–Crippen LogP) is 3.18. The molecule has 0 unspecified atom stereocenters. The fourth-order valence-electron chi connectivity index (χ4n) is 2.44. The lowest BCUT2D eigenvalue weighted by molar-refractivity contribution is -0.114. The molecule has 3 rings (SSSR count). The third-order valence-electron chi connectivity index (χ3n) is 3.63. The maximum absolute atomic E-state index is 12.5. The Labute approximate surface area is 178 Å². The number of hydrogen-bond donors (Lipinski definition) is 4. The minimum Gasteiger partial charge on any atom is -0.354 e. The number of rotatable bonds is 8. The molecule has 1 amide bonds. The van der Waals surface area contributed by atoms with E-state index in [2.05, 4.69) is 35.6 Å². The van der Waals surface area contributed by atoms with E-state index in [0.717, 1.165) is 22.7 Å². The van der Waals surface area contributed by atoms with Gasteiger partial charge in [-0.3, -0.25) is 9.52 Å². The maximum Gasteiger partial charge on any atom is 0.273 e. The van der Waals surface area contributed by atoms with E-state index < -0.39 is 10.0 Å². The van der Waals surface area contributed by atoms with Crippen LogP contribution in [0, 0.1) is 6.92 Å². The number of carbonyl (C=O) groups excluding carboxylic acids is 1. The second kappa shape index (κ2) is 9.05. The fourth-order valence-corrected chi connectivity index (χ4v) is 4.57. The summed E-state index contributed by atoms with van der Waals surface area (Å²) in [6, 6.07) is 8.55. The Morgan fingerprint density at radius 1 is 1.13 bits per heavy atom. The van der Waals surface area contributed by atoms with Crippen LogP contribution in [0.4, 0.5) is 28.3 Å². The first-order valence-corrected chi connectivity index (χ1v) is 11.3. The Kier molecular flexibility index (Phi) is 6.47. The van der Waals surface area contributed by atoms with Crippen molar-refractivity contribution in [3.63, 3.8) is 0 Å². The van der Waals surface area contributed by atoms with E-state index in [1.807, 2.05) is 19.9 Å². The molecule has 10 nitrogen and oxygen atoms in total. The highest BCUT2D eigenvalue weighted by Gasteiger charge is 2.18. The van der Waals surface area contributed by atoms with Crippen molar-refractivity contribution in [2.24, 2.45) is 0 Å². The molecule has 0 aliphatic rings. The van der Waals surface area contributed by atoms with Crippen molar-refractivity contribution in [1.82, 2.24) is 15.0 Å².